The first-order chi connectivity index (χ1) is 12.0. The Bertz CT molecular complexity index is 1020. The molecule has 0 unspecified atom stereocenters. The predicted molar refractivity (Wildman–Crippen MR) is 94.4 cm³/mol. The maximum atomic E-state index is 13.4. The van der Waals surface area contributed by atoms with E-state index in [0.717, 1.165) is 36.6 Å². The Morgan fingerprint density at radius 1 is 1.15 bits per heavy atom. The molecule has 26 heavy (non-hydrogen) atoms. The SMILES string of the molecule is CS(=O)(=O)c1ccc(Cl)c(S(=O)(=O)Nc2ccc(F)cc2OCCO)c1. The van der Waals surface area contributed by atoms with E-state index in [-0.39, 0.29) is 34.6 Å². The molecule has 142 valence electrons. The number of ether oxygens (including phenoxy) is 1. The fourth-order valence-electron chi connectivity index (χ4n) is 1.98. The summed E-state index contributed by atoms with van der Waals surface area (Å²) in [5, 5.41) is 8.62. The van der Waals surface area contributed by atoms with Crippen molar-refractivity contribution in [3.63, 3.8) is 0 Å². The molecule has 0 atom stereocenters. The summed E-state index contributed by atoms with van der Waals surface area (Å²) in [6, 6.07) is 6.36. The van der Waals surface area contributed by atoms with Gasteiger partial charge in [0.25, 0.3) is 10.0 Å². The monoisotopic (exact) mass is 423 g/mol. The number of benzene rings is 2. The third-order valence-electron chi connectivity index (χ3n) is 3.16. The number of hydrogen-bond donors (Lipinski definition) is 2. The Morgan fingerprint density at radius 3 is 2.46 bits per heavy atom. The van der Waals surface area contributed by atoms with Gasteiger partial charge in [-0.3, -0.25) is 4.72 Å². The second kappa shape index (κ2) is 7.78. The van der Waals surface area contributed by atoms with Crippen molar-refractivity contribution >= 4 is 37.1 Å². The molecule has 11 heteroatoms. The number of sulfonamides is 1. The number of halogens is 2. The first-order valence-corrected chi connectivity index (χ1v) is 10.9. The van der Waals surface area contributed by atoms with Crippen molar-refractivity contribution in [2.75, 3.05) is 24.2 Å². The van der Waals surface area contributed by atoms with Gasteiger partial charge in [-0.2, -0.15) is 0 Å². The molecular weight excluding hydrogens is 409 g/mol. The van der Waals surface area contributed by atoms with Gasteiger partial charge >= 0.3 is 0 Å². The first kappa shape index (κ1) is 20.4. The molecule has 0 radical (unpaired) electrons. The van der Waals surface area contributed by atoms with Crippen LogP contribution in [0, 0.1) is 5.82 Å². The Balaban J connectivity index is 2.47. The summed E-state index contributed by atoms with van der Waals surface area (Å²) in [6.45, 7) is -0.534. The largest absolute Gasteiger partial charge is 0.489 e. The van der Waals surface area contributed by atoms with Crippen molar-refractivity contribution in [1.29, 1.82) is 0 Å². The minimum atomic E-state index is -4.30. The maximum absolute atomic E-state index is 13.4. The zero-order valence-electron chi connectivity index (χ0n) is 13.4. The van der Waals surface area contributed by atoms with E-state index >= 15 is 0 Å². The number of aliphatic hydroxyl groups is 1. The summed E-state index contributed by atoms with van der Waals surface area (Å²) >= 11 is 5.91. The molecule has 0 heterocycles. The average molecular weight is 424 g/mol. The Kier molecular flexibility index (Phi) is 6.12. The van der Waals surface area contributed by atoms with Gasteiger partial charge in [0.2, 0.25) is 0 Å². The molecule has 0 aliphatic carbocycles. The van der Waals surface area contributed by atoms with E-state index < -0.39 is 30.6 Å². The van der Waals surface area contributed by atoms with Gasteiger partial charge in [0.15, 0.2) is 9.84 Å². The molecule has 2 aromatic rings. The summed E-state index contributed by atoms with van der Waals surface area (Å²) in [5.41, 5.74) is -0.0966. The molecule has 0 aromatic heterocycles. The lowest BCUT2D eigenvalue weighted by molar-refractivity contribution is 0.201. The van der Waals surface area contributed by atoms with E-state index in [4.69, 9.17) is 21.4 Å². The van der Waals surface area contributed by atoms with E-state index in [1.807, 2.05) is 0 Å². The molecule has 2 aromatic carbocycles. The zero-order valence-corrected chi connectivity index (χ0v) is 15.8. The van der Waals surface area contributed by atoms with E-state index in [2.05, 4.69) is 4.72 Å². The van der Waals surface area contributed by atoms with Crippen LogP contribution in [0.2, 0.25) is 5.02 Å². The summed E-state index contributed by atoms with van der Waals surface area (Å²) in [4.78, 5) is -0.683. The normalized spacial score (nSPS) is 12.0. The van der Waals surface area contributed by atoms with Gasteiger partial charge in [0.1, 0.15) is 23.1 Å². The number of anilines is 1. The van der Waals surface area contributed by atoms with Crippen LogP contribution in [0.1, 0.15) is 0 Å². The Labute approximate surface area is 155 Å². The first-order valence-electron chi connectivity index (χ1n) is 7.10. The molecule has 2 rings (SSSR count). The van der Waals surface area contributed by atoms with Gasteiger partial charge in [-0.1, -0.05) is 11.6 Å². The van der Waals surface area contributed by atoms with Crippen molar-refractivity contribution in [3.05, 3.63) is 47.2 Å². The molecule has 0 saturated carbocycles. The molecule has 0 amide bonds. The number of nitrogens with one attached hydrogen (secondary N) is 1. The minimum Gasteiger partial charge on any atom is -0.489 e. The van der Waals surface area contributed by atoms with Gasteiger partial charge in [0, 0.05) is 12.3 Å². The molecule has 0 bridgehead atoms. The van der Waals surface area contributed by atoms with Gasteiger partial charge in [-0.05, 0) is 30.3 Å². The van der Waals surface area contributed by atoms with Crippen molar-refractivity contribution in [3.8, 4) is 5.75 Å². The predicted octanol–water partition coefficient (Wildman–Crippen LogP) is 2.05. The van der Waals surface area contributed by atoms with E-state index in [9.17, 15) is 21.2 Å². The molecule has 0 saturated heterocycles. The second-order valence-electron chi connectivity index (χ2n) is 5.18. The highest BCUT2D eigenvalue weighted by Crippen LogP contribution is 2.31. The minimum absolute atomic E-state index is 0.0966. The van der Waals surface area contributed by atoms with Crippen LogP contribution in [0.5, 0.6) is 5.75 Å². The van der Waals surface area contributed by atoms with Crippen molar-refractivity contribution in [1.82, 2.24) is 0 Å². The molecule has 7 nitrogen and oxygen atoms in total. The Morgan fingerprint density at radius 2 is 1.85 bits per heavy atom. The zero-order chi connectivity index (χ0) is 19.5. The highest BCUT2D eigenvalue weighted by atomic mass is 35.5. The lowest BCUT2D eigenvalue weighted by Gasteiger charge is -2.14. The average Bonchev–Trinajstić information content (AvgIpc) is 2.54. The highest BCUT2D eigenvalue weighted by Gasteiger charge is 2.22. The number of aliphatic hydroxyl groups excluding tert-OH is 1. The third-order valence-corrected chi connectivity index (χ3v) is 6.11. The van der Waals surface area contributed by atoms with Gasteiger partial charge < -0.3 is 9.84 Å². The van der Waals surface area contributed by atoms with Crippen LogP contribution in [0.25, 0.3) is 0 Å². The molecule has 0 spiro atoms. The lowest BCUT2D eigenvalue weighted by atomic mass is 10.3. The molecule has 0 aliphatic rings. The van der Waals surface area contributed by atoms with E-state index in [1.165, 1.54) is 6.07 Å². The van der Waals surface area contributed by atoms with E-state index in [0.29, 0.717) is 0 Å². The molecule has 0 fully saturated rings. The summed E-state index contributed by atoms with van der Waals surface area (Å²) in [7, 11) is -7.95. The van der Waals surface area contributed by atoms with E-state index in [1.54, 1.807) is 0 Å². The lowest BCUT2D eigenvalue weighted by Crippen LogP contribution is -2.15. The standard InChI is InChI=1S/C15H15ClFNO6S2/c1-25(20,21)11-3-4-12(16)15(9-11)26(22,23)18-13-5-2-10(17)8-14(13)24-7-6-19/h2-5,8-9,18-19H,6-7H2,1H3. The number of rotatable bonds is 7. The van der Waals surface area contributed by atoms with Crippen molar-refractivity contribution < 1.29 is 31.1 Å². The van der Waals surface area contributed by atoms with Crippen LogP contribution in [0.15, 0.2) is 46.2 Å². The fourth-order valence-corrected chi connectivity index (χ4v) is 4.29. The maximum Gasteiger partial charge on any atom is 0.263 e. The molecule has 2 N–H and O–H groups in total. The van der Waals surface area contributed by atoms with Crippen LogP contribution >= 0.6 is 11.6 Å². The topological polar surface area (TPSA) is 110 Å². The summed E-state index contributed by atoms with van der Waals surface area (Å²) in [5.74, 6) is -0.809. The van der Waals surface area contributed by atoms with Crippen LogP contribution in [-0.2, 0) is 19.9 Å². The Hall–Kier alpha value is -1.88. The third kappa shape index (κ3) is 4.85. The van der Waals surface area contributed by atoms with Crippen LogP contribution in [-0.4, -0.2) is 41.4 Å². The number of sulfone groups is 1. The van der Waals surface area contributed by atoms with Gasteiger partial charge in [-0.25, -0.2) is 21.2 Å². The summed E-state index contributed by atoms with van der Waals surface area (Å²) < 4.78 is 69.2. The van der Waals surface area contributed by atoms with Crippen LogP contribution in [0.3, 0.4) is 0 Å². The quantitative estimate of drug-likeness (QED) is 0.705. The van der Waals surface area contributed by atoms with Crippen LogP contribution in [0.4, 0.5) is 10.1 Å². The van der Waals surface area contributed by atoms with Crippen LogP contribution < -0.4 is 9.46 Å². The smallest absolute Gasteiger partial charge is 0.263 e. The van der Waals surface area contributed by atoms with Gasteiger partial charge in [-0.15, -0.1) is 0 Å². The van der Waals surface area contributed by atoms with Crippen molar-refractivity contribution in [2.24, 2.45) is 0 Å². The second-order valence-corrected chi connectivity index (χ2v) is 9.26. The number of hydrogen-bond acceptors (Lipinski definition) is 6. The molecule has 0 aliphatic heterocycles. The highest BCUT2D eigenvalue weighted by molar-refractivity contribution is 7.93. The van der Waals surface area contributed by atoms with Gasteiger partial charge in [0.05, 0.1) is 22.2 Å². The molecular formula is C15H15ClFNO6S2. The fraction of sp³-hybridized carbons (Fsp3) is 0.200. The summed E-state index contributed by atoms with van der Waals surface area (Å²) in [6.07, 6.45) is 0.931. The van der Waals surface area contributed by atoms with Crippen molar-refractivity contribution in [2.45, 2.75) is 9.79 Å².